The molecule has 0 bridgehead atoms. The third kappa shape index (κ3) is 2.64. The average Bonchev–Trinajstić information content (AvgIpc) is 2.83. The summed E-state index contributed by atoms with van der Waals surface area (Å²) in [5.41, 5.74) is 3.91. The molecule has 1 saturated carbocycles. The van der Waals surface area contributed by atoms with Gasteiger partial charge in [0.2, 0.25) is 0 Å². The second kappa shape index (κ2) is 4.93. The van der Waals surface area contributed by atoms with Gasteiger partial charge >= 0.3 is 0 Å². The molecule has 0 unspecified atom stereocenters. The number of rotatable bonds is 3. The van der Waals surface area contributed by atoms with Crippen LogP contribution >= 0.6 is 0 Å². The first kappa shape index (κ1) is 12.6. The van der Waals surface area contributed by atoms with Crippen molar-refractivity contribution < 1.29 is 0 Å². The summed E-state index contributed by atoms with van der Waals surface area (Å²) in [5.74, 6) is 0. The van der Waals surface area contributed by atoms with E-state index < -0.39 is 0 Å². The molecular formula is C17H22N2. The molecular weight excluding hydrogens is 232 g/mol. The third-order valence-electron chi connectivity index (χ3n) is 4.34. The van der Waals surface area contributed by atoms with Gasteiger partial charge < -0.3 is 5.32 Å². The van der Waals surface area contributed by atoms with E-state index >= 15 is 0 Å². The SMILES string of the molecule is Cc1cc(CNC2(C)CCCC2)c2ccccc2n1. The van der Waals surface area contributed by atoms with E-state index in [4.69, 9.17) is 0 Å². The molecule has 1 aliphatic carbocycles. The Hall–Kier alpha value is -1.41. The highest BCUT2D eigenvalue weighted by atomic mass is 15.0. The summed E-state index contributed by atoms with van der Waals surface area (Å²) in [6, 6.07) is 10.6. The first-order chi connectivity index (χ1) is 9.16. The molecule has 0 saturated heterocycles. The number of nitrogens with one attached hydrogen (secondary N) is 1. The monoisotopic (exact) mass is 254 g/mol. The minimum Gasteiger partial charge on any atom is -0.307 e. The van der Waals surface area contributed by atoms with Crippen LogP contribution in [0.15, 0.2) is 30.3 Å². The Kier molecular flexibility index (Phi) is 3.28. The lowest BCUT2D eigenvalue weighted by atomic mass is 9.99. The van der Waals surface area contributed by atoms with E-state index in [1.807, 2.05) is 0 Å². The number of fused-ring (bicyclic) bond motifs is 1. The van der Waals surface area contributed by atoms with E-state index in [-0.39, 0.29) is 0 Å². The van der Waals surface area contributed by atoms with E-state index in [1.165, 1.54) is 36.6 Å². The number of aryl methyl sites for hydroxylation is 1. The number of aromatic nitrogens is 1. The highest BCUT2D eigenvalue weighted by Crippen LogP contribution is 2.29. The summed E-state index contributed by atoms with van der Waals surface area (Å²) in [5, 5.41) is 5.05. The topological polar surface area (TPSA) is 24.9 Å². The number of hydrogen-bond acceptors (Lipinski definition) is 2. The van der Waals surface area contributed by atoms with Gasteiger partial charge in [0.05, 0.1) is 5.52 Å². The predicted molar refractivity (Wildman–Crippen MR) is 80.2 cm³/mol. The maximum atomic E-state index is 4.61. The Balaban J connectivity index is 1.87. The van der Waals surface area contributed by atoms with Crippen LogP contribution in [0.2, 0.25) is 0 Å². The minimum atomic E-state index is 0.332. The standard InChI is InChI=1S/C17H22N2/c1-13-11-14(12-18-17(2)9-5-6-10-17)15-7-3-4-8-16(15)19-13/h3-4,7-8,11,18H,5-6,9-10,12H2,1-2H3. The van der Waals surface area contributed by atoms with Crippen molar-refractivity contribution in [3.8, 4) is 0 Å². The summed E-state index contributed by atoms with van der Waals surface area (Å²) in [6.45, 7) is 5.38. The van der Waals surface area contributed by atoms with Crippen LogP contribution in [0, 0.1) is 6.92 Å². The van der Waals surface area contributed by atoms with Gasteiger partial charge in [-0.25, -0.2) is 0 Å². The molecule has 1 aromatic carbocycles. The van der Waals surface area contributed by atoms with Gasteiger partial charge in [-0.1, -0.05) is 31.0 Å². The van der Waals surface area contributed by atoms with Crippen LogP contribution < -0.4 is 5.32 Å². The largest absolute Gasteiger partial charge is 0.307 e. The van der Waals surface area contributed by atoms with Crippen molar-refractivity contribution in [1.29, 1.82) is 0 Å². The number of pyridine rings is 1. The maximum Gasteiger partial charge on any atom is 0.0708 e. The molecule has 100 valence electrons. The van der Waals surface area contributed by atoms with Crippen molar-refractivity contribution >= 4 is 10.9 Å². The van der Waals surface area contributed by atoms with Gasteiger partial charge in [-0.15, -0.1) is 0 Å². The van der Waals surface area contributed by atoms with Gasteiger partial charge in [0, 0.05) is 23.2 Å². The molecule has 2 nitrogen and oxygen atoms in total. The Labute approximate surface area is 115 Å². The summed E-state index contributed by atoms with van der Waals surface area (Å²) in [7, 11) is 0. The van der Waals surface area contributed by atoms with Gasteiger partial charge in [0.15, 0.2) is 0 Å². The van der Waals surface area contributed by atoms with Gasteiger partial charge in [-0.05, 0) is 44.4 Å². The second-order valence-corrected chi connectivity index (χ2v) is 6.06. The molecule has 19 heavy (non-hydrogen) atoms. The molecule has 1 fully saturated rings. The summed E-state index contributed by atoms with van der Waals surface area (Å²) < 4.78 is 0. The smallest absolute Gasteiger partial charge is 0.0708 e. The van der Waals surface area contributed by atoms with Crippen LogP contribution in [-0.2, 0) is 6.54 Å². The Morgan fingerprint density at radius 3 is 2.74 bits per heavy atom. The Morgan fingerprint density at radius 1 is 1.21 bits per heavy atom. The zero-order valence-electron chi connectivity index (χ0n) is 11.9. The second-order valence-electron chi connectivity index (χ2n) is 6.06. The molecule has 2 heteroatoms. The van der Waals surface area contributed by atoms with Crippen molar-refractivity contribution in [3.05, 3.63) is 41.6 Å². The van der Waals surface area contributed by atoms with Crippen molar-refractivity contribution in [2.24, 2.45) is 0 Å². The fraction of sp³-hybridized carbons (Fsp3) is 0.471. The van der Waals surface area contributed by atoms with Crippen LogP contribution in [0.3, 0.4) is 0 Å². The molecule has 1 heterocycles. The van der Waals surface area contributed by atoms with Crippen LogP contribution in [-0.4, -0.2) is 10.5 Å². The van der Waals surface area contributed by atoms with E-state index in [0.717, 1.165) is 17.8 Å². The average molecular weight is 254 g/mol. The molecule has 2 aromatic rings. The third-order valence-corrected chi connectivity index (χ3v) is 4.34. The maximum absolute atomic E-state index is 4.61. The van der Waals surface area contributed by atoms with Gasteiger partial charge in [0.1, 0.15) is 0 Å². The van der Waals surface area contributed by atoms with Crippen molar-refractivity contribution in [1.82, 2.24) is 10.3 Å². The van der Waals surface area contributed by atoms with Crippen molar-refractivity contribution in [2.75, 3.05) is 0 Å². The number of hydrogen-bond donors (Lipinski definition) is 1. The van der Waals surface area contributed by atoms with E-state index in [0.29, 0.717) is 5.54 Å². The summed E-state index contributed by atoms with van der Waals surface area (Å²) >= 11 is 0. The first-order valence-corrected chi connectivity index (χ1v) is 7.27. The lowest BCUT2D eigenvalue weighted by Crippen LogP contribution is -2.38. The fourth-order valence-corrected chi connectivity index (χ4v) is 3.18. The lowest BCUT2D eigenvalue weighted by Gasteiger charge is -2.25. The molecule has 3 rings (SSSR count). The predicted octanol–water partition coefficient (Wildman–Crippen LogP) is 3.97. The number of para-hydroxylation sites is 1. The van der Waals surface area contributed by atoms with Gasteiger partial charge in [0.25, 0.3) is 0 Å². The Morgan fingerprint density at radius 2 is 1.95 bits per heavy atom. The van der Waals surface area contributed by atoms with E-state index in [1.54, 1.807) is 0 Å². The quantitative estimate of drug-likeness (QED) is 0.896. The minimum absolute atomic E-state index is 0.332. The van der Waals surface area contributed by atoms with Gasteiger partial charge in [-0.2, -0.15) is 0 Å². The molecule has 1 aliphatic rings. The van der Waals surface area contributed by atoms with E-state index in [2.05, 4.69) is 54.5 Å². The molecule has 0 atom stereocenters. The Bertz CT molecular complexity index is 583. The molecule has 0 aliphatic heterocycles. The fourth-order valence-electron chi connectivity index (χ4n) is 3.18. The molecule has 1 aromatic heterocycles. The highest BCUT2D eigenvalue weighted by Gasteiger charge is 2.27. The molecule has 0 amide bonds. The highest BCUT2D eigenvalue weighted by molar-refractivity contribution is 5.82. The van der Waals surface area contributed by atoms with Crippen LogP contribution in [0.1, 0.15) is 43.9 Å². The van der Waals surface area contributed by atoms with E-state index in [9.17, 15) is 0 Å². The van der Waals surface area contributed by atoms with Crippen LogP contribution in [0.4, 0.5) is 0 Å². The zero-order valence-corrected chi connectivity index (χ0v) is 11.9. The summed E-state index contributed by atoms with van der Waals surface area (Å²) in [4.78, 5) is 4.61. The van der Waals surface area contributed by atoms with Crippen LogP contribution in [0.5, 0.6) is 0 Å². The normalized spacial score (nSPS) is 18.0. The summed E-state index contributed by atoms with van der Waals surface area (Å²) in [6.07, 6.45) is 5.32. The van der Waals surface area contributed by atoms with Crippen molar-refractivity contribution in [2.45, 2.75) is 51.6 Å². The number of benzene rings is 1. The molecule has 0 spiro atoms. The van der Waals surface area contributed by atoms with Crippen molar-refractivity contribution in [3.63, 3.8) is 0 Å². The molecule has 0 radical (unpaired) electrons. The lowest BCUT2D eigenvalue weighted by molar-refractivity contribution is 0.363. The van der Waals surface area contributed by atoms with Gasteiger partial charge in [-0.3, -0.25) is 4.98 Å². The molecule has 1 N–H and O–H groups in total. The number of nitrogens with zero attached hydrogens (tertiary/aromatic N) is 1. The first-order valence-electron chi connectivity index (χ1n) is 7.27. The van der Waals surface area contributed by atoms with Crippen LogP contribution in [0.25, 0.3) is 10.9 Å². The zero-order chi connectivity index (χ0) is 13.3.